The summed E-state index contributed by atoms with van der Waals surface area (Å²) < 4.78 is 54.6. The van der Waals surface area contributed by atoms with Crippen LogP contribution in [0.25, 0.3) is 10.2 Å². The first-order chi connectivity index (χ1) is 11.7. The summed E-state index contributed by atoms with van der Waals surface area (Å²) in [4.78, 5) is 4.36. The fraction of sp³-hybridized carbons (Fsp3) is 0.250. The Balaban J connectivity index is 2.01. The third-order valence-corrected chi connectivity index (χ3v) is 6.45. The molecule has 2 unspecified atom stereocenters. The number of benzene rings is 1. The molecule has 13 heteroatoms. The van der Waals surface area contributed by atoms with E-state index >= 15 is 0 Å². The van der Waals surface area contributed by atoms with E-state index in [1.165, 1.54) is 11.3 Å². The number of fused-ring (bicyclic) bond motifs is 1. The Labute approximate surface area is 157 Å². The Hall–Kier alpha value is -1.25. The first-order valence-electron chi connectivity index (χ1n) is 6.64. The van der Waals surface area contributed by atoms with Gasteiger partial charge in [-0.1, -0.05) is 15.9 Å². The SMILES string of the molecule is CS(=O)(=O)C(c1nnc(CNS(=O)[O-])o1)c1nc2ccc(Br)cc2s1. The fourth-order valence-electron chi connectivity index (χ4n) is 2.06. The van der Waals surface area contributed by atoms with E-state index in [4.69, 9.17) is 4.42 Å². The highest BCUT2D eigenvalue weighted by Crippen LogP contribution is 2.35. The molecular formula is C12H10BrN4O5S3-. The number of hydrogen-bond donors (Lipinski definition) is 1. The molecule has 1 N–H and O–H groups in total. The lowest BCUT2D eigenvalue weighted by Crippen LogP contribution is -2.15. The molecule has 0 spiro atoms. The first kappa shape index (κ1) is 18.5. The fourth-order valence-corrected chi connectivity index (χ4v) is 5.35. The molecule has 25 heavy (non-hydrogen) atoms. The Morgan fingerprint density at radius 2 is 2.20 bits per heavy atom. The van der Waals surface area contributed by atoms with Gasteiger partial charge in [-0.25, -0.2) is 18.1 Å². The molecule has 134 valence electrons. The summed E-state index contributed by atoms with van der Waals surface area (Å²) in [6, 6.07) is 5.41. The van der Waals surface area contributed by atoms with E-state index in [-0.39, 0.29) is 18.3 Å². The summed E-state index contributed by atoms with van der Waals surface area (Å²) in [5.74, 6) is -0.203. The average Bonchev–Trinajstić information content (AvgIpc) is 3.10. The van der Waals surface area contributed by atoms with Crippen molar-refractivity contribution in [1.29, 1.82) is 0 Å². The Bertz CT molecular complexity index is 1050. The molecule has 2 heterocycles. The van der Waals surface area contributed by atoms with Gasteiger partial charge in [-0.3, -0.25) is 4.21 Å². The van der Waals surface area contributed by atoms with E-state index in [1.807, 2.05) is 6.07 Å². The van der Waals surface area contributed by atoms with Crippen LogP contribution in [-0.4, -0.2) is 38.6 Å². The van der Waals surface area contributed by atoms with Crippen LogP contribution in [0.4, 0.5) is 0 Å². The Morgan fingerprint density at radius 3 is 2.88 bits per heavy atom. The van der Waals surface area contributed by atoms with Crippen molar-refractivity contribution in [2.75, 3.05) is 6.26 Å². The molecule has 3 rings (SSSR count). The summed E-state index contributed by atoms with van der Waals surface area (Å²) in [5, 5.41) is 6.49. The van der Waals surface area contributed by atoms with Gasteiger partial charge in [-0.15, -0.1) is 21.5 Å². The molecule has 2 aromatic heterocycles. The van der Waals surface area contributed by atoms with Crippen molar-refractivity contribution >= 4 is 58.6 Å². The maximum absolute atomic E-state index is 12.3. The number of hydrogen-bond acceptors (Lipinski definition) is 9. The van der Waals surface area contributed by atoms with E-state index in [2.05, 4.69) is 35.8 Å². The topological polar surface area (TPSA) is 138 Å². The van der Waals surface area contributed by atoms with E-state index in [9.17, 15) is 17.2 Å². The quantitative estimate of drug-likeness (QED) is 0.539. The predicted octanol–water partition coefficient (Wildman–Crippen LogP) is 1.46. The van der Waals surface area contributed by atoms with Gasteiger partial charge < -0.3 is 8.97 Å². The van der Waals surface area contributed by atoms with Gasteiger partial charge >= 0.3 is 0 Å². The summed E-state index contributed by atoms with van der Waals surface area (Å²) >= 11 is 2.07. The molecule has 0 saturated heterocycles. The molecule has 3 aromatic rings. The summed E-state index contributed by atoms with van der Waals surface area (Å²) in [5.41, 5.74) is 0.653. The second-order valence-electron chi connectivity index (χ2n) is 4.96. The van der Waals surface area contributed by atoms with Crippen LogP contribution >= 0.6 is 27.3 Å². The van der Waals surface area contributed by atoms with Crippen LogP contribution in [0.1, 0.15) is 22.0 Å². The molecule has 0 amide bonds. The number of aromatic nitrogens is 3. The van der Waals surface area contributed by atoms with Crippen molar-refractivity contribution in [1.82, 2.24) is 19.9 Å². The molecule has 2 atom stereocenters. The summed E-state index contributed by atoms with van der Waals surface area (Å²) in [6.07, 6.45) is 1.05. The highest BCUT2D eigenvalue weighted by molar-refractivity contribution is 9.10. The summed E-state index contributed by atoms with van der Waals surface area (Å²) in [6.45, 7) is -0.230. The third kappa shape index (κ3) is 4.30. The zero-order valence-electron chi connectivity index (χ0n) is 12.5. The maximum atomic E-state index is 12.3. The smallest absolute Gasteiger partial charge is 0.241 e. The highest BCUT2D eigenvalue weighted by atomic mass is 79.9. The van der Waals surface area contributed by atoms with E-state index in [0.717, 1.165) is 15.4 Å². The minimum atomic E-state index is -3.65. The van der Waals surface area contributed by atoms with Crippen molar-refractivity contribution in [3.63, 3.8) is 0 Å². The first-order valence-corrected chi connectivity index (χ1v) is 11.3. The van der Waals surface area contributed by atoms with Gasteiger partial charge in [-0.2, -0.15) is 0 Å². The maximum Gasteiger partial charge on any atom is 0.241 e. The van der Waals surface area contributed by atoms with E-state index in [0.29, 0.717) is 10.5 Å². The lowest BCUT2D eigenvalue weighted by atomic mass is 10.3. The summed E-state index contributed by atoms with van der Waals surface area (Å²) in [7, 11) is -3.65. The molecule has 0 aliphatic carbocycles. The lowest BCUT2D eigenvalue weighted by Gasteiger charge is -2.07. The van der Waals surface area contributed by atoms with Crippen LogP contribution in [0.3, 0.4) is 0 Å². The van der Waals surface area contributed by atoms with Crippen molar-refractivity contribution < 1.29 is 21.6 Å². The average molecular weight is 466 g/mol. The molecule has 9 nitrogen and oxygen atoms in total. The number of sulfone groups is 1. The zero-order valence-corrected chi connectivity index (χ0v) is 16.5. The van der Waals surface area contributed by atoms with Crippen molar-refractivity contribution in [2.45, 2.75) is 11.8 Å². The molecule has 1 aromatic carbocycles. The third-order valence-electron chi connectivity index (χ3n) is 3.07. The zero-order chi connectivity index (χ0) is 18.2. The van der Waals surface area contributed by atoms with Gasteiger partial charge in [0.25, 0.3) is 0 Å². The van der Waals surface area contributed by atoms with Gasteiger partial charge in [0.15, 0.2) is 15.1 Å². The van der Waals surface area contributed by atoms with Crippen molar-refractivity contribution in [2.24, 2.45) is 0 Å². The van der Waals surface area contributed by atoms with Crippen LogP contribution < -0.4 is 4.72 Å². The Kier molecular flexibility index (Phi) is 5.31. The van der Waals surface area contributed by atoms with Crippen molar-refractivity contribution in [3.05, 3.63) is 39.5 Å². The number of rotatable bonds is 6. The number of thiazole rings is 1. The second kappa shape index (κ2) is 7.17. The predicted molar refractivity (Wildman–Crippen MR) is 94.1 cm³/mol. The number of halogens is 1. The Morgan fingerprint density at radius 1 is 1.44 bits per heavy atom. The van der Waals surface area contributed by atoms with Crippen molar-refractivity contribution in [3.8, 4) is 0 Å². The molecule has 0 aliphatic heterocycles. The van der Waals surface area contributed by atoms with Gasteiger partial charge in [0.2, 0.25) is 11.8 Å². The number of nitrogens with zero attached hydrogens (tertiary/aromatic N) is 3. The second-order valence-corrected chi connectivity index (χ2v) is 9.83. The number of nitrogens with one attached hydrogen (secondary N) is 1. The van der Waals surface area contributed by atoms with Gasteiger partial charge in [0, 0.05) is 22.0 Å². The van der Waals surface area contributed by atoms with E-state index < -0.39 is 26.4 Å². The highest BCUT2D eigenvalue weighted by Gasteiger charge is 2.33. The standard InChI is InChI=1S/C12H11BrN4O5S3/c1-25(20,21)10(11-17-16-9(22-11)5-14-24(18)19)12-15-7-3-2-6(13)4-8(7)23-12/h2-4,10,14H,5H2,1H3,(H,18,19)/p-1. The molecule has 0 fully saturated rings. The van der Waals surface area contributed by atoms with Gasteiger partial charge in [0.1, 0.15) is 5.01 Å². The molecule has 0 saturated carbocycles. The molecular weight excluding hydrogens is 456 g/mol. The lowest BCUT2D eigenvalue weighted by molar-refractivity contribution is 0.441. The van der Waals surface area contributed by atoms with Gasteiger partial charge in [-0.05, 0) is 18.2 Å². The monoisotopic (exact) mass is 465 g/mol. The van der Waals surface area contributed by atoms with Crippen LogP contribution in [-0.2, 0) is 27.6 Å². The van der Waals surface area contributed by atoms with Crippen LogP contribution in [0.2, 0.25) is 0 Å². The van der Waals surface area contributed by atoms with E-state index in [1.54, 1.807) is 12.1 Å². The minimum Gasteiger partial charge on any atom is -0.760 e. The van der Waals surface area contributed by atoms with Gasteiger partial charge in [0.05, 0.1) is 16.8 Å². The van der Waals surface area contributed by atoms with Crippen LogP contribution in [0.15, 0.2) is 27.1 Å². The normalized spacial score (nSPS) is 14.7. The van der Waals surface area contributed by atoms with Crippen LogP contribution in [0.5, 0.6) is 0 Å². The molecule has 0 bridgehead atoms. The molecule has 0 radical (unpaired) electrons. The molecule has 0 aliphatic rings. The largest absolute Gasteiger partial charge is 0.760 e. The van der Waals surface area contributed by atoms with Crippen LogP contribution in [0, 0.1) is 0 Å². The minimum absolute atomic E-state index is 0.0447.